The Balaban J connectivity index is 1.60. The van der Waals surface area contributed by atoms with Gasteiger partial charge >= 0.3 is 0 Å². The quantitative estimate of drug-likeness (QED) is 0.803. The van der Waals surface area contributed by atoms with Crippen molar-refractivity contribution in [3.63, 3.8) is 0 Å². The van der Waals surface area contributed by atoms with Crippen LogP contribution >= 0.6 is 0 Å². The average molecular weight is 289 g/mol. The van der Waals surface area contributed by atoms with Crippen molar-refractivity contribution in [2.75, 3.05) is 33.9 Å². The summed E-state index contributed by atoms with van der Waals surface area (Å²) in [6.07, 6.45) is 5.45. The van der Waals surface area contributed by atoms with Crippen molar-refractivity contribution in [2.45, 2.75) is 31.8 Å². The number of methoxy groups -OCH3 is 1. The summed E-state index contributed by atoms with van der Waals surface area (Å²) >= 11 is 0. The highest BCUT2D eigenvalue weighted by Gasteiger charge is 2.30. The molecule has 3 heteroatoms. The summed E-state index contributed by atoms with van der Waals surface area (Å²) in [5.74, 6) is 2.39. The molecule has 1 aliphatic carbocycles. The lowest BCUT2D eigenvalue weighted by molar-refractivity contribution is -0.0324. The van der Waals surface area contributed by atoms with Gasteiger partial charge in [0.1, 0.15) is 5.75 Å². The SMILES string of the molecule is COc1ccc(C[C@H]2CN(C)CC[C@@H]2OCC2CC2)cc1. The van der Waals surface area contributed by atoms with Gasteiger partial charge in [-0.2, -0.15) is 0 Å². The molecule has 2 atom stereocenters. The highest BCUT2D eigenvalue weighted by Crippen LogP contribution is 2.31. The first kappa shape index (κ1) is 14.9. The van der Waals surface area contributed by atoms with Gasteiger partial charge in [-0.3, -0.25) is 0 Å². The molecule has 21 heavy (non-hydrogen) atoms. The second-order valence-electron chi connectivity index (χ2n) is 6.68. The fourth-order valence-corrected chi connectivity index (χ4v) is 3.22. The maximum absolute atomic E-state index is 6.23. The molecular formula is C18H27NO2. The Hall–Kier alpha value is -1.06. The maximum Gasteiger partial charge on any atom is 0.118 e. The highest BCUT2D eigenvalue weighted by atomic mass is 16.5. The van der Waals surface area contributed by atoms with Gasteiger partial charge in [0, 0.05) is 25.6 Å². The Morgan fingerprint density at radius 3 is 2.57 bits per heavy atom. The van der Waals surface area contributed by atoms with E-state index in [0.717, 1.165) is 37.8 Å². The van der Waals surface area contributed by atoms with E-state index < -0.39 is 0 Å². The van der Waals surface area contributed by atoms with Crippen molar-refractivity contribution in [3.8, 4) is 5.75 Å². The van der Waals surface area contributed by atoms with Crippen LogP contribution in [0, 0.1) is 11.8 Å². The van der Waals surface area contributed by atoms with E-state index in [2.05, 4.69) is 36.2 Å². The first-order chi connectivity index (χ1) is 10.2. The van der Waals surface area contributed by atoms with Gasteiger partial charge in [-0.25, -0.2) is 0 Å². The number of nitrogens with zero attached hydrogens (tertiary/aromatic N) is 1. The molecule has 1 heterocycles. The molecular weight excluding hydrogens is 262 g/mol. The van der Waals surface area contributed by atoms with Crippen LogP contribution in [-0.2, 0) is 11.2 Å². The Morgan fingerprint density at radius 1 is 1.14 bits per heavy atom. The van der Waals surface area contributed by atoms with Crippen molar-refractivity contribution in [2.24, 2.45) is 11.8 Å². The van der Waals surface area contributed by atoms with Crippen molar-refractivity contribution >= 4 is 0 Å². The first-order valence-corrected chi connectivity index (χ1v) is 8.17. The second-order valence-corrected chi connectivity index (χ2v) is 6.68. The van der Waals surface area contributed by atoms with Gasteiger partial charge in [0.2, 0.25) is 0 Å². The largest absolute Gasteiger partial charge is 0.497 e. The van der Waals surface area contributed by atoms with Gasteiger partial charge in [0.05, 0.1) is 13.2 Å². The molecule has 0 spiro atoms. The molecule has 1 aromatic carbocycles. The van der Waals surface area contributed by atoms with E-state index in [9.17, 15) is 0 Å². The van der Waals surface area contributed by atoms with E-state index in [4.69, 9.17) is 9.47 Å². The summed E-state index contributed by atoms with van der Waals surface area (Å²) < 4.78 is 11.5. The lowest BCUT2D eigenvalue weighted by atomic mass is 9.88. The van der Waals surface area contributed by atoms with E-state index >= 15 is 0 Å². The van der Waals surface area contributed by atoms with Crippen molar-refractivity contribution < 1.29 is 9.47 Å². The molecule has 0 N–H and O–H groups in total. The molecule has 116 valence electrons. The summed E-state index contributed by atoms with van der Waals surface area (Å²) in [6, 6.07) is 8.49. The first-order valence-electron chi connectivity index (χ1n) is 8.17. The van der Waals surface area contributed by atoms with Gasteiger partial charge < -0.3 is 14.4 Å². The summed E-state index contributed by atoms with van der Waals surface area (Å²) in [6.45, 7) is 3.28. The second kappa shape index (κ2) is 6.80. The molecule has 1 saturated carbocycles. The molecule has 0 aromatic heterocycles. The van der Waals surface area contributed by atoms with Crippen LogP contribution in [0.15, 0.2) is 24.3 Å². The number of rotatable bonds is 6. The third kappa shape index (κ3) is 4.21. The molecule has 0 amide bonds. The Labute approximate surface area is 128 Å². The zero-order valence-corrected chi connectivity index (χ0v) is 13.3. The molecule has 2 fully saturated rings. The fraction of sp³-hybridized carbons (Fsp3) is 0.667. The predicted molar refractivity (Wildman–Crippen MR) is 84.8 cm³/mol. The fourth-order valence-electron chi connectivity index (χ4n) is 3.22. The number of benzene rings is 1. The van der Waals surface area contributed by atoms with Crippen LogP contribution in [0.5, 0.6) is 5.75 Å². The summed E-state index contributed by atoms with van der Waals surface area (Å²) in [4.78, 5) is 2.44. The van der Waals surface area contributed by atoms with Crippen LogP contribution in [0.4, 0.5) is 0 Å². The third-order valence-corrected chi connectivity index (χ3v) is 4.77. The molecule has 0 bridgehead atoms. The molecule has 0 unspecified atom stereocenters. The van der Waals surface area contributed by atoms with Gasteiger partial charge in [0.25, 0.3) is 0 Å². The van der Waals surface area contributed by atoms with Crippen LogP contribution in [-0.4, -0.2) is 44.9 Å². The minimum atomic E-state index is 0.434. The van der Waals surface area contributed by atoms with Crippen molar-refractivity contribution in [3.05, 3.63) is 29.8 Å². The smallest absolute Gasteiger partial charge is 0.118 e. The topological polar surface area (TPSA) is 21.7 Å². The Morgan fingerprint density at radius 2 is 1.90 bits per heavy atom. The Bertz CT molecular complexity index is 441. The van der Waals surface area contributed by atoms with Gasteiger partial charge in [-0.15, -0.1) is 0 Å². The number of likely N-dealkylation sites (tertiary alicyclic amines) is 1. The van der Waals surface area contributed by atoms with E-state index in [1.807, 2.05) is 0 Å². The summed E-state index contributed by atoms with van der Waals surface area (Å²) in [5, 5.41) is 0. The lowest BCUT2D eigenvalue weighted by Gasteiger charge is -2.37. The van der Waals surface area contributed by atoms with Crippen LogP contribution in [0.2, 0.25) is 0 Å². The van der Waals surface area contributed by atoms with E-state index in [1.165, 1.54) is 24.8 Å². The molecule has 2 aliphatic rings. The Kier molecular flexibility index (Phi) is 4.81. The van der Waals surface area contributed by atoms with Gasteiger partial charge in [0.15, 0.2) is 0 Å². The summed E-state index contributed by atoms with van der Waals surface area (Å²) in [5.41, 5.74) is 1.39. The van der Waals surface area contributed by atoms with Crippen LogP contribution in [0.3, 0.4) is 0 Å². The molecule has 1 aliphatic heterocycles. The molecule has 3 rings (SSSR count). The number of ether oxygens (including phenoxy) is 2. The molecule has 1 aromatic rings. The van der Waals surface area contributed by atoms with Crippen molar-refractivity contribution in [1.29, 1.82) is 0 Å². The molecule has 3 nitrogen and oxygen atoms in total. The minimum absolute atomic E-state index is 0.434. The third-order valence-electron chi connectivity index (χ3n) is 4.77. The lowest BCUT2D eigenvalue weighted by Crippen LogP contribution is -2.43. The van der Waals surface area contributed by atoms with Gasteiger partial charge in [-0.05, 0) is 56.3 Å². The predicted octanol–water partition coefficient (Wildman–Crippen LogP) is 2.98. The minimum Gasteiger partial charge on any atom is -0.497 e. The number of hydrogen-bond acceptors (Lipinski definition) is 3. The number of hydrogen-bond donors (Lipinski definition) is 0. The average Bonchev–Trinajstić information content (AvgIpc) is 3.31. The van der Waals surface area contributed by atoms with E-state index in [0.29, 0.717) is 12.0 Å². The van der Waals surface area contributed by atoms with Gasteiger partial charge in [-0.1, -0.05) is 12.1 Å². The highest BCUT2D eigenvalue weighted by molar-refractivity contribution is 5.27. The summed E-state index contributed by atoms with van der Waals surface area (Å²) in [7, 11) is 3.94. The monoisotopic (exact) mass is 289 g/mol. The van der Waals surface area contributed by atoms with E-state index in [1.54, 1.807) is 7.11 Å². The number of piperidine rings is 1. The molecule has 1 saturated heterocycles. The normalized spacial score (nSPS) is 26.8. The zero-order valence-electron chi connectivity index (χ0n) is 13.3. The molecule has 0 radical (unpaired) electrons. The van der Waals surface area contributed by atoms with Crippen LogP contribution in [0.1, 0.15) is 24.8 Å². The van der Waals surface area contributed by atoms with E-state index in [-0.39, 0.29) is 0 Å². The van der Waals surface area contributed by atoms with Crippen LogP contribution in [0.25, 0.3) is 0 Å². The zero-order chi connectivity index (χ0) is 14.7. The maximum atomic E-state index is 6.23. The standard InChI is InChI=1S/C18H27NO2/c1-19-10-9-18(21-13-15-3-4-15)16(12-19)11-14-5-7-17(20-2)8-6-14/h5-8,15-16,18H,3-4,9-13H2,1-2H3/t16-,18-/m0/s1. The van der Waals surface area contributed by atoms with Crippen molar-refractivity contribution in [1.82, 2.24) is 4.90 Å². The van der Waals surface area contributed by atoms with Crippen LogP contribution < -0.4 is 4.74 Å².